The molecule has 0 aliphatic heterocycles. The Bertz CT molecular complexity index is 408. The van der Waals surface area contributed by atoms with Crippen LogP contribution in [0.25, 0.3) is 0 Å². The van der Waals surface area contributed by atoms with Gasteiger partial charge >= 0.3 is 0 Å². The number of thiazole rings is 1. The molecule has 0 radical (unpaired) electrons. The monoisotopic (exact) mass is 220 g/mol. The Morgan fingerprint density at radius 2 is 2.13 bits per heavy atom. The fourth-order valence-electron chi connectivity index (χ4n) is 2.03. The van der Waals surface area contributed by atoms with Gasteiger partial charge in [-0.25, -0.2) is 4.98 Å². The maximum atomic E-state index is 9.29. The Labute approximate surface area is 95.0 Å². The summed E-state index contributed by atoms with van der Waals surface area (Å²) >= 11 is 1.74. The first-order valence-corrected chi connectivity index (χ1v) is 6.30. The van der Waals surface area contributed by atoms with E-state index in [1.54, 1.807) is 11.3 Å². The lowest BCUT2D eigenvalue weighted by Gasteiger charge is -2.34. The summed E-state index contributed by atoms with van der Waals surface area (Å²) in [7, 11) is 0. The van der Waals surface area contributed by atoms with Crippen LogP contribution in [0.5, 0.6) is 0 Å². The fraction of sp³-hybridized carbons (Fsp3) is 0.667. The Morgan fingerprint density at radius 3 is 2.47 bits per heavy atom. The van der Waals surface area contributed by atoms with Crippen LogP contribution in [0.4, 0.5) is 0 Å². The van der Waals surface area contributed by atoms with Gasteiger partial charge in [-0.2, -0.15) is 5.26 Å². The summed E-state index contributed by atoms with van der Waals surface area (Å²) in [5.41, 5.74) is 0.888. The van der Waals surface area contributed by atoms with Crippen molar-refractivity contribution in [3.05, 3.63) is 15.6 Å². The maximum Gasteiger partial charge on any atom is 0.0956 e. The van der Waals surface area contributed by atoms with Gasteiger partial charge < -0.3 is 0 Å². The second kappa shape index (κ2) is 3.61. The van der Waals surface area contributed by atoms with E-state index in [-0.39, 0.29) is 5.41 Å². The second-order valence-corrected chi connectivity index (χ2v) is 5.70. The van der Waals surface area contributed by atoms with E-state index in [1.165, 1.54) is 16.3 Å². The quantitative estimate of drug-likeness (QED) is 0.764. The first-order chi connectivity index (χ1) is 7.09. The van der Waals surface area contributed by atoms with Crippen LogP contribution in [-0.4, -0.2) is 4.98 Å². The third kappa shape index (κ3) is 1.57. The van der Waals surface area contributed by atoms with Crippen LogP contribution in [0.3, 0.4) is 0 Å². The largest absolute Gasteiger partial charge is 0.246 e. The van der Waals surface area contributed by atoms with Crippen molar-refractivity contribution in [1.82, 2.24) is 4.98 Å². The molecule has 1 aliphatic rings. The van der Waals surface area contributed by atoms with Crippen LogP contribution in [0, 0.1) is 18.3 Å². The van der Waals surface area contributed by atoms with Gasteiger partial charge in [0.05, 0.1) is 22.2 Å². The van der Waals surface area contributed by atoms with Gasteiger partial charge in [0.15, 0.2) is 0 Å². The Morgan fingerprint density at radius 1 is 1.47 bits per heavy atom. The zero-order valence-electron chi connectivity index (χ0n) is 9.50. The number of aromatic nitrogens is 1. The number of rotatable bonds is 2. The summed E-state index contributed by atoms with van der Waals surface area (Å²) in [4.78, 5) is 5.80. The lowest BCUT2D eigenvalue weighted by molar-refractivity contribution is 0.328. The molecular weight excluding hydrogens is 204 g/mol. The molecule has 15 heavy (non-hydrogen) atoms. The number of hydrogen-bond donors (Lipinski definition) is 0. The van der Waals surface area contributed by atoms with Crippen molar-refractivity contribution in [2.75, 3.05) is 0 Å². The standard InChI is InChI=1S/C12H16N2S/c1-8(2)11-14-9(3)10(15-11)12(7-13)5-4-6-12/h8H,4-6H2,1-3H3. The zero-order valence-corrected chi connectivity index (χ0v) is 10.3. The van der Waals surface area contributed by atoms with Crippen LogP contribution in [-0.2, 0) is 5.41 Å². The molecule has 80 valence electrons. The molecule has 2 nitrogen and oxygen atoms in total. The normalized spacial score (nSPS) is 18.6. The topological polar surface area (TPSA) is 36.7 Å². The summed E-state index contributed by atoms with van der Waals surface area (Å²) < 4.78 is 0. The molecule has 0 aromatic carbocycles. The Hall–Kier alpha value is -0.880. The van der Waals surface area contributed by atoms with Crippen molar-refractivity contribution in [3.63, 3.8) is 0 Å². The molecule has 0 spiro atoms. The van der Waals surface area contributed by atoms with Gasteiger partial charge in [-0.15, -0.1) is 11.3 Å². The van der Waals surface area contributed by atoms with E-state index in [9.17, 15) is 5.26 Å². The molecule has 1 aliphatic carbocycles. The molecule has 1 fully saturated rings. The van der Waals surface area contributed by atoms with Gasteiger partial charge in [-0.05, 0) is 26.2 Å². The average Bonchev–Trinajstić information content (AvgIpc) is 2.48. The molecule has 0 bridgehead atoms. The Balaban J connectivity index is 2.40. The van der Waals surface area contributed by atoms with Crippen molar-refractivity contribution in [1.29, 1.82) is 5.26 Å². The molecule has 1 heterocycles. The highest BCUT2D eigenvalue weighted by atomic mass is 32.1. The average molecular weight is 220 g/mol. The molecule has 0 saturated heterocycles. The van der Waals surface area contributed by atoms with Crippen molar-refractivity contribution < 1.29 is 0 Å². The minimum absolute atomic E-state index is 0.186. The van der Waals surface area contributed by atoms with Crippen LogP contribution in [0.15, 0.2) is 0 Å². The molecule has 0 amide bonds. The molecule has 0 N–H and O–H groups in total. The van der Waals surface area contributed by atoms with E-state index < -0.39 is 0 Å². The number of hydrogen-bond acceptors (Lipinski definition) is 3. The van der Waals surface area contributed by atoms with Crippen molar-refractivity contribution in [3.8, 4) is 6.07 Å². The van der Waals surface area contributed by atoms with E-state index in [1.807, 2.05) is 6.92 Å². The first-order valence-electron chi connectivity index (χ1n) is 5.48. The number of nitriles is 1. The molecular formula is C12H16N2S. The van der Waals surface area contributed by atoms with Gasteiger partial charge in [0.1, 0.15) is 0 Å². The van der Waals surface area contributed by atoms with Gasteiger partial charge in [0.2, 0.25) is 0 Å². The third-order valence-electron chi connectivity index (χ3n) is 3.16. The predicted octanol–water partition coefficient (Wildman–Crippen LogP) is 3.52. The molecule has 3 heteroatoms. The predicted molar refractivity (Wildman–Crippen MR) is 62.1 cm³/mol. The maximum absolute atomic E-state index is 9.29. The summed E-state index contributed by atoms with van der Waals surface area (Å²) in [6, 6.07) is 2.49. The first kappa shape index (κ1) is 10.6. The molecule has 0 atom stereocenters. The van der Waals surface area contributed by atoms with E-state index in [4.69, 9.17) is 0 Å². The molecule has 0 unspecified atom stereocenters. The SMILES string of the molecule is Cc1nc(C(C)C)sc1C1(C#N)CCC1. The summed E-state index contributed by atoms with van der Waals surface area (Å²) in [5, 5.41) is 10.5. The molecule has 1 saturated carbocycles. The highest BCUT2D eigenvalue weighted by Gasteiger charge is 2.42. The summed E-state index contributed by atoms with van der Waals surface area (Å²) in [6.45, 7) is 6.35. The van der Waals surface area contributed by atoms with Crippen LogP contribution < -0.4 is 0 Å². The second-order valence-electron chi connectivity index (χ2n) is 4.67. The lowest BCUT2D eigenvalue weighted by Crippen LogP contribution is -2.32. The van der Waals surface area contributed by atoms with Crippen LogP contribution in [0.1, 0.15) is 54.6 Å². The molecule has 1 aromatic heterocycles. The molecule has 2 rings (SSSR count). The van der Waals surface area contributed by atoms with Crippen LogP contribution in [0.2, 0.25) is 0 Å². The van der Waals surface area contributed by atoms with Gasteiger partial charge in [0.25, 0.3) is 0 Å². The van der Waals surface area contributed by atoms with E-state index >= 15 is 0 Å². The third-order valence-corrected chi connectivity index (χ3v) is 4.82. The van der Waals surface area contributed by atoms with Gasteiger partial charge in [0, 0.05) is 10.8 Å². The minimum Gasteiger partial charge on any atom is -0.246 e. The summed E-state index contributed by atoms with van der Waals surface area (Å²) in [5.74, 6) is 0.471. The highest BCUT2D eigenvalue weighted by Crippen LogP contribution is 2.47. The smallest absolute Gasteiger partial charge is 0.0956 e. The molecule has 1 aromatic rings. The highest BCUT2D eigenvalue weighted by molar-refractivity contribution is 7.12. The number of aryl methyl sites for hydroxylation is 1. The zero-order chi connectivity index (χ0) is 11.1. The van der Waals surface area contributed by atoms with Crippen molar-refractivity contribution >= 4 is 11.3 Å². The van der Waals surface area contributed by atoms with Gasteiger partial charge in [-0.1, -0.05) is 13.8 Å². The van der Waals surface area contributed by atoms with E-state index in [0.29, 0.717) is 5.92 Å². The lowest BCUT2D eigenvalue weighted by atomic mass is 9.68. The van der Waals surface area contributed by atoms with E-state index in [0.717, 1.165) is 18.5 Å². The fourth-order valence-corrected chi connectivity index (χ4v) is 3.29. The van der Waals surface area contributed by atoms with Crippen molar-refractivity contribution in [2.45, 2.75) is 51.4 Å². The van der Waals surface area contributed by atoms with Crippen molar-refractivity contribution in [2.24, 2.45) is 0 Å². The minimum atomic E-state index is -0.186. The summed E-state index contributed by atoms with van der Waals surface area (Å²) in [6.07, 6.45) is 3.22. The number of nitrogens with zero attached hydrogens (tertiary/aromatic N) is 2. The van der Waals surface area contributed by atoms with E-state index in [2.05, 4.69) is 24.9 Å². The van der Waals surface area contributed by atoms with Gasteiger partial charge in [-0.3, -0.25) is 0 Å². The Kier molecular flexibility index (Phi) is 2.56. The van der Waals surface area contributed by atoms with Crippen LogP contribution >= 0.6 is 11.3 Å².